The third-order valence-corrected chi connectivity index (χ3v) is 5.14. The van der Waals surface area contributed by atoms with Gasteiger partial charge in [-0.15, -0.1) is 11.6 Å². The summed E-state index contributed by atoms with van der Waals surface area (Å²) >= 11 is 6.38. The molecule has 0 fully saturated rings. The summed E-state index contributed by atoms with van der Waals surface area (Å²) in [6, 6.07) is 12.2. The third-order valence-electron chi connectivity index (χ3n) is 3.37. The van der Waals surface area contributed by atoms with Crippen LogP contribution < -0.4 is 4.72 Å². The molecular weight excluding hydrogens is 325 g/mol. The molecule has 6 heteroatoms. The second-order valence-corrected chi connectivity index (χ2v) is 7.94. The van der Waals surface area contributed by atoms with E-state index < -0.39 is 14.9 Å². The Kier molecular flexibility index (Phi) is 4.90. The fraction of sp³-hybridized carbons (Fsp3) is 0.250. The van der Waals surface area contributed by atoms with Crippen LogP contribution in [0.2, 0.25) is 0 Å². The van der Waals surface area contributed by atoms with Gasteiger partial charge in [0.2, 0.25) is 10.0 Å². The second kappa shape index (κ2) is 6.36. The molecule has 0 spiro atoms. The summed E-state index contributed by atoms with van der Waals surface area (Å²) in [4.78, 5) is -0.782. The fourth-order valence-corrected chi connectivity index (χ4v) is 3.34. The number of sulfonamides is 1. The number of hydrogen-bond donors (Lipinski definition) is 1. The van der Waals surface area contributed by atoms with Crippen molar-refractivity contribution in [3.63, 3.8) is 0 Å². The smallest absolute Gasteiger partial charge is 0.209 e. The van der Waals surface area contributed by atoms with Crippen molar-refractivity contribution in [3.05, 3.63) is 65.5 Å². The predicted molar refractivity (Wildman–Crippen MR) is 86.0 cm³/mol. The molecule has 0 saturated carbocycles. The van der Waals surface area contributed by atoms with Gasteiger partial charge in [-0.3, -0.25) is 0 Å². The predicted octanol–water partition coefficient (Wildman–Crippen LogP) is 3.57. The summed E-state index contributed by atoms with van der Waals surface area (Å²) < 4.78 is 39.9. The molecule has 0 amide bonds. The first-order valence-electron chi connectivity index (χ1n) is 6.72. The van der Waals surface area contributed by atoms with Crippen molar-refractivity contribution < 1.29 is 12.8 Å². The third kappa shape index (κ3) is 4.06. The molecule has 2 aromatic carbocycles. The molecule has 0 aliphatic heterocycles. The molecule has 22 heavy (non-hydrogen) atoms. The second-order valence-electron chi connectivity index (χ2n) is 5.34. The van der Waals surface area contributed by atoms with Crippen LogP contribution in [0.25, 0.3) is 0 Å². The molecular formula is C16H17ClFNO2S. The van der Waals surface area contributed by atoms with Crippen molar-refractivity contribution in [2.24, 2.45) is 0 Å². The van der Waals surface area contributed by atoms with E-state index in [2.05, 4.69) is 4.72 Å². The largest absolute Gasteiger partial charge is 0.240 e. The minimum absolute atomic E-state index is 0.00357. The Morgan fingerprint density at radius 2 is 1.64 bits per heavy atom. The molecule has 0 bridgehead atoms. The highest BCUT2D eigenvalue weighted by Crippen LogP contribution is 2.28. The molecule has 118 valence electrons. The lowest BCUT2D eigenvalue weighted by Gasteiger charge is -2.23. The molecule has 0 aliphatic rings. The van der Waals surface area contributed by atoms with Crippen molar-refractivity contribution in [2.75, 3.05) is 6.54 Å². The Morgan fingerprint density at radius 1 is 1.09 bits per heavy atom. The van der Waals surface area contributed by atoms with Gasteiger partial charge in [0.25, 0.3) is 0 Å². The van der Waals surface area contributed by atoms with E-state index in [0.29, 0.717) is 5.56 Å². The number of benzene rings is 2. The number of hydrogen-bond acceptors (Lipinski definition) is 2. The van der Waals surface area contributed by atoms with Crippen LogP contribution in [-0.2, 0) is 14.9 Å². The number of halogens is 2. The van der Waals surface area contributed by atoms with Gasteiger partial charge in [0.05, 0.1) is 9.77 Å². The normalized spacial score (nSPS) is 14.5. The average Bonchev–Trinajstić information content (AvgIpc) is 2.46. The monoisotopic (exact) mass is 341 g/mol. The summed E-state index contributed by atoms with van der Waals surface area (Å²) in [6.45, 7) is 3.56. The van der Waals surface area contributed by atoms with Crippen molar-refractivity contribution in [1.82, 2.24) is 4.72 Å². The van der Waals surface area contributed by atoms with Gasteiger partial charge >= 0.3 is 0 Å². The van der Waals surface area contributed by atoms with Gasteiger partial charge in [-0.05, 0) is 43.7 Å². The molecule has 0 radical (unpaired) electrons. The molecule has 0 aliphatic carbocycles. The van der Waals surface area contributed by atoms with Crippen LogP contribution in [0.3, 0.4) is 0 Å². The number of alkyl halides is 1. The molecule has 2 aromatic rings. The maximum atomic E-state index is 12.9. The van der Waals surface area contributed by atoms with Crippen molar-refractivity contribution in [2.45, 2.75) is 23.6 Å². The Morgan fingerprint density at radius 3 is 2.18 bits per heavy atom. The molecule has 1 unspecified atom stereocenters. The Bertz CT molecular complexity index is 741. The number of rotatable bonds is 5. The molecule has 1 N–H and O–H groups in total. The maximum Gasteiger partial charge on any atom is 0.240 e. The lowest BCUT2D eigenvalue weighted by molar-refractivity contribution is 0.564. The minimum Gasteiger partial charge on any atom is -0.209 e. The van der Waals surface area contributed by atoms with Crippen molar-refractivity contribution in [3.8, 4) is 0 Å². The van der Waals surface area contributed by atoms with Crippen LogP contribution >= 0.6 is 11.6 Å². The molecule has 2 rings (SSSR count). The maximum absolute atomic E-state index is 12.9. The zero-order valence-electron chi connectivity index (χ0n) is 12.3. The van der Waals surface area contributed by atoms with Crippen LogP contribution in [0.15, 0.2) is 53.4 Å². The van der Waals surface area contributed by atoms with Crippen LogP contribution in [-0.4, -0.2) is 15.0 Å². The highest BCUT2D eigenvalue weighted by Gasteiger charge is 2.26. The van der Waals surface area contributed by atoms with Crippen LogP contribution in [0, 0.1) is 12.7 Å². The Labute approximate surface area is 135 Å². The van der Waals surface area contributed by atoms with Crippen molar-refractivity contribution >= 4 is 21.6 Å². The van der Waals surface area contributed by atoms with E-state index in [9.17, 15) is 12.8 Å². The lowest BCUT2D eigenvalue weighted by Crippen LogP contribution is -2.35. The first-order chi connectivity index (χ1) is 10.2. The molecule has 1 atom stereocenters. The van der Waals surface area contributed by atoms with E-state index in [1.807, 2.05) is 6.92 Å². The Hall–Kier alpha value is -1.43. The average molecular weight is 342 g/mol. The SMILES string of the molecule is Cc1ccc(S(=O)(=O)NCC(C)(Cl)c2ccc(F)cc2)cc1. The summed E-state index contributed by atoms with van der Waals surface area (Å²) in [7, 11) is -3.63. The summed E-state index contributed by atoms with van der Waals surface area (Å²) in [5.74, 6) is -0.364. The molecule has 3 nitrogen and oxygen atoms in total. The molecule has 0 heterocycles. The van der Waals surface area contributed by atoms with Gasteiger partial charge in [0.15, 0.2) is 0 Å². The van der Waals surface area contributed by atoms with Gasteiger partial charge in [-0.2, -0.15) is 0 Å². The lowest BCUT2D eigenvalue weighted by atomic mass is 10.0. The van der Waals surface area contributed by atoms with E-state index in [0.717, 1.165) is 5.56 Å². The van der Waals surface area contributed by atoms with Crippen LogP contribution in [0.1, 0.15) is 18.1 Å². The summed E-state index contributed by atoms with van der Waals surface area (Å²) in [6.07, 6.45) is 0. The summed E-state index contributed by atoms with van der Waals surface area (Å²) in [5.41, 5.74) is 1.62. The highest BCUT2D eigenvalue weighted by molar-refractivity contribution is 7.89. The zero-order chi connectivity index (χ0) is 16.4. The standard InChI is InChI=1S/C16H17ClFNO2S/c1-12-3-9-15(10-4-12)22(20,21)19-11-16(2,17)13-5-7-14(18)8-6-13/h3-10,19H,11H2,1-2H3. The quantitative estimate of drug-likeness (QED) is 0.845. The van der Waals surface area contributed by atoms with E-state index in [1.165, 1.54) is 12.1 Å². The number of aryl methyl sites for hydroxylation is 1. The van der Waals surface area contributed by atoms with Crippen molar-refractivity contribution in [1.29, 1.82) is 0 Å². The van der Waals surface area contributed by atoms with E-state index in [1.54, 1.807) is 43.3 Å². The number of nitrogens with one attached hydrogen (secondary N) is 1. The first-order valence-corrected chi connectivity index (χ1v) is 8.58. The van der Waals surface area contributed by atoms with Gasteiger partial charge in [0.1, 0.15) is 5.82 Å². The van der Waals surface area contributed by atoms with Crippen LogP contribution in [0.5, 0.6) is 0 Å². The molecule has 0 aromatic heterocycles. The van der Waals surface area contributed by atoms with E-state index >= 15 is 0 Å². The highest BCUT2D eigenvalue weighted by atomic mass is 35.5. The van der Waals surface area contributed by atoms with Gasteiger partial charge in [-0.1, -0.05) is 29.8 Å². The Balaban J connectivity index is 2.13. The first kappa shape index (κ1) is 16.9. The van der Waals surface area contributed by atoms with Gasteiger partial charge in [-0.25, -0.2) is 17.5 Å². The van der Waals surface area contributed by atoms with Crippen LogP contribution in [0.4, 0.5) is 4.39 Å². The fourth-order valence-electron chi connectivity index (χ4n) is 1.93. The van der Waals surface area contributed by atoms with Gasteiger partial charge in [0, 0.05) is 6.54 Å². The van der Waals surface area contributed by atoms with E-state index in [-0.39, 0.29) is 17.3 Å². The van der Waals surface area contributed by atoms with Gasteiger partial charge < -0.3 is 0 Å². The zero-order valence-corrected chi connectivity index (χ0v) is 13.9. The topological polar surface area (TPSA) is 46.2 Å². The molecule has 0 saturated heterocycles. The van der Waals surface area contributed by atoms with E-state index in [4.69, 9.17) is 11.6 Å². The summed E-state index contributed by atoms with van der Waals surface area (Å²) in [5, 5.41) is 0. The minimum atomic E-state index is -3.63.